The molecular formula is C18H22ClN3O2. The zero-order valence-electron chi connectivity index (χ0n) is 13.9. The smallest absolute Gasteiger partial charge is 0.274 e. The second-order valence-corrected chi connectivity index (χ2v) is 6.86. The van der Waals surface area contributed by atoms with Crippen LogP contribution in [0.4, 0.5) is 0 Å². The van der Waals surface area contributed by atoms with Crippen LogP contribution in [0.1, 0.15) is 40.7 Å². The highest BCUT2D eigenvalue weighted by Crippen LogP contribution is 2.31. The van der Waals surface area contributed by atoms with Gasteiger partial charge < -0.3 is 10.0 Å². The number of carbonyl (C=O) groups is 1. The zero-order chi connectivity index (χ0) is 17.3. The molecule has 1 saturated heterocycles. The molecule has 128 valence electrons. The third-order valence-electron chi connectivity index (χ3n) is 4.82. The molecule has 0 bridgehead atoms. The third kappa shape index (κ3) is 3.47. The first kappa shape index (κ1) is 17.0. The Labute approximate surface area is 146 Å². The van der Waals surface area contributed by atoms with Gasteiger partial charge in [-0.15, -0.1) is 0 Å². The van der Waals surface area contributed by atoms with E-state index in [1.54, 1.807) is 16.8 Å². The molecular weight excluding hydrogens is 326 g/mol. The normalized spacial score (nSPS) is 17.1. The summed E-state index contributed by atoms with van der Waals surface area (Å²) < 4.78 is 1.71. The Morgan fingerprint density at radius 2 is 1.92 bits per heavy atom. The molecule has 2 aromatic rings. The lowest BCUT2D eigenvalue weighted by Crippen LogP contribution is -2.40. The minimum absolute atomic E-state index is 0.0295. The molecule has 24 heavy (non-hydrogen) atoms. The minimum Gasteiger partial charge on any atom is -0.388 e. The lowest BCUT2D eigenvalue weighted by Gasteiger charge is -2.34. The first-order valence-electron chi connectivity index (χ1n) is 8.19. The molecule has 1 aliphatic rings. The van der Waals surface area contributed by atoms with Crippen LogP contribution in [-0.2, 0) is 7.05 Å². The molecule has 1 atom stereocenters. The number of likely N-dealkylation sites (tertiary alicyclic amines) is 1. The molecule has 0 radical (unpaired) electrons. The second kappa shape index (κ2) is 6.95. The second-order valence-electron chi connectivity index (χ2n) is 6.42. The molecule has 1 unspecified atom stereocenters. The van der Waals surface area contributed by atoms with Crippen LogP contribution in [0.15, 0.2) is 30.3 Å². The van der Waals surface area contributed by atoms with Crippen LogP contribution in [-0.4, -0.2) is 38.8 Å². The summed E-state index contributed by atoms with van der Waals surface area (Å²) in [5.41, 5.74) is 2.34. The lowest BCUT2D eigenvalue weighted by atomic mass is 9.87. The fourth-order valence-electron chi connectivity index (χ4n) is 3.18. The van der Waals surface area contributed by atoms with Gasteiger partial charge in [-0.3, -0.25) is 9.48 Å². The highest BCUT2D eigenvalue weighted by molar-refractivity contribution is 6.30. The van der Waals surface area contributed by atoms with Crippen LogP contribution in [0, 0.1) is 12.8 Å². The van der Waals surface area contributed by atoms with E-state index in [0.717, 1.165) is 24.1 Å². The number of aliphatic hydroxyl groups excluding tert-OH is 1. The number of amides is 1. The van der Waals surface area contributed by atoms with Gasteiger partial charge in [0.25, 0.3) is 5.91 Å². The maximum absolute atomic E-state index is 12.5. The number of aliphatic hydroxyl groups is 1. The van der Waals surface area contributed by atoms with Crippen LogP contribution in [0.25, 0.3) is 0 Å². The molecule has 6 heteroatoms. The number of hydrogen-bond acceptors (Lipinski definition) is 3. The molecule has 5 nitrogen and oxygen atoms in total. The molecule has 3 rings (SSSR count). The maximum atomic E-state index is 12.5. The quantitative estimate of drug-likeness (QED) is 0.928. The zero-order valence-corrected chi connectivity index (χ0v) is 14.7. The molecule has 1 aliphatic heterocycles. The van der Waals surface area contributed by atoms with E-state index in [0.29, 0.717) is 23.8 Å². The predicted molar refractivity (Wildman–Crippen MR) is 93.0 cm³/mol. The molecule has 1 amide bonds. The van der Waals surface area contributed by atoms with Crippen molar-refractivity contribution in [1.29, 1.82) is 0 Å². The molecule has 1 N–H and O–H groups in total. The van der Waals surface area contributed by atoms with E-state index in [1.807, 2.05) is 37.1 Å². The van der Waals surface area contributed by atoms with Gasteiger partial charge in [0.2, 0.25) is 0 Å². The van der Waals surface area contributed by atoms with Crippen molar-refractivity contribution < 1.29 is 9.90 Å². The van der Waals surface area contributed by atoms with Crippen molar-refractivity contribution in [3.63, 3.8) is 0 Å². The highest BCUT2D eigenvalue weighted by Gasteiger charge is 2.29. The Morgan fingerprint density at radius 3 is 2.46 bits per heavy atom. The van der Waals surface area contributed by atoms with Crippen molar-refractivity contribution in [2.75, 3.05) is 13.1 Å². The number of aromatic nitrogens is 2. The molecule has 0 spiro atoms. The average Bonchev–Trinajstić information content (AvgIpc) is 2.93. The summed E-state index contributed by atoms with van der Waals surface area (Å²) in [5.74, 6) is 0.124. The van der Waals surface area contributed by atoms with Crippen LogP contribution in [0.3, 0.4) is 0 Å². The van der Waals surface area contributed by atoms with Gasteiger partial charge in [0.1, 0.15) is 0 Å². The summed E-state index contributed by atoms with van der Waals surface area (Å²) >= 11 is 5.89. The summed E-state index contributed by atoms with van der Waals surface area (Å²) in [4.78, 5) is 14.3. The molecule has 1 aromatic heterocycles. The average molecular weight is 348 g/mol. The van der Waals surface area contributed by atoms with E-state index < -0.39 is 6.10 Å². The van der Waals surface area contributed by atoms with Gasteiger partial charge in [0, 0.05) is 30.9 Å². The monoisotopic (exact) mass is 347 g/mol. The van der Waals surface area contributed by atoms with Crippen molar-refractivity contribution in [2.45, 2.75) is 25.9 Å². The van der Waals surface area contributed by atoms with Gasteiger partial charge >= 0.3 is 0 Å². The molecule has 0 aliphatic carbocycles. The molecule has 1 aromatic carbocycles. The molecule has 0 saturated carbocycles. The van der Waals surface area contributed by atoms with Crippen molar-refractivity contribution in [3.8, 4) is 0 Å². The predicted octanol–water partition coefficient (Wildman–Crippen LogP) is 2.97. The first-order chi connectivity index (χ1) is 11.5. The minimum atomic E-state index is -0.517. The van der Waals surface area contributed by atoms with E-state index in [9.17, 15) is 9.90 Å². The Hall–Kier alpha value is -1.85. The van der Waals surface area contributed by atoms with Gasteiger partial charge in [0.15, 0.2) is 5.69 Å². The van der Waals surface area contributed by atoms with E-state index in [2.05, 4.69) is 5.10 Å². The van der Waals surface area contributed by atoms with Crippen LogP contribution in [0.2, 0.25) is 5.02 Å². The Bertz CT molecular complexity index is 699. The van der Waals surface area contributed by atoms with Crippen molar-refractivity contribution in [1.82, 2.24) is 14.7 Å². The topological polar surface area (TPSA) is 58.4 Å². The summed E-state index contributed by atoms with van der Waals surface area (Å²) in [7, 11) is 1.83. The van der Waals surface area contributed by atoms with E-state index >= 15 is 0 Å². The van der Waals surface area contributed by atoms with Crippen LogP contribution in [0.5, 0.6) is 0 Å². The van der Waals surface area contributed by atoms with Gasteiger partial charge in [-0.2, -0.15) is 5.10 Å². The number of piperidine rings is 1. The largest absolute Gasteiger partial charge is 0.388 e. The summed E-state index contributed by atoms with van der Waals surface area (Å²) in [6.45, 7) is 3.21. The van der Waals surface area contributed by atoms with Gasteiger partial charge in [-0.1, -0.05) is 23.7 Å². The maximum Gasteiger partial charge on any atom is 0.274 e. The van der Waals surface area contributed by atoms with Gasteiger partial charge in [0.05, 0.1) is 6.10 Å². The number of halogens is 1. The van der Waals surface area contributed by atoms with Crippen molar-refractivity contribution in [3.05, 3.63) is 52.3 Å². The van der Waals surface area contributed by atoms with Gasteiger partial charge in [-0.25, -0.2) is 0 Å². The SMILES string of the molecule is Cc1cc(C(=O)N2CCC(C(O)c3ccc(Cl)cc3)CC2)nn1C. The number of benzene rings is 1. The molecule has 2 heterocycles. The fourth-order valence-corrected chi connectivity index (χ4v) is 3.30. The summed E-state index contributed by atoms with van der Waals surface area (Å²) in [5, 5.41) is 15.5. The Morgan fingerprint density at radius 1 is 1.29 bits per heavy atom. The van der Waals surface area contributed by atoms with Gasteiger partial charge in [-0.05, 0) is 49.4 Å². The van der Waals surface area contributed by atoms with Crippen LogP contribution < -0.4 is 0 Å². The van der Waals surface area contributed by atoms with Crippen molar-refractivity contribution in [2.24, 2.45) is 13.0 Å². The number of hydrogen-bond donors (Lipinski definition) is 1. The highest BCUT2D eigenvalue weighted by atomic mass is 35.5. The van der Waals surface area contributed by atoms with Crippen LogP contribution >= 0.6 is 11.6 Å². The van der Waals surface area contributed by atoms with E-state index in [1.165, 1.54) is 0 Å². The third-order valence-corrected chi connectivity index (χ3v) is 5.07. The number of aryl methyl sites for hydroxylation is 2. The number of nitrogens with zero attached hydrogens (tertiary/aromatic N) is 3. The van der Waals surface area contributed by atoms with Crippen molar-refractivity contribution >= 4 is 17.5 Å². The summed E-state index contributed by atoms with van der Waals surface area (Å²) in [6.07, 6.45) is 1.04. The standard InChI is InChI=1S/C18H22ClN3O2/c1-12-11-16(20-21(12)2)18(24)22-9-7-14(8-10-22)17(23)13-3-5-15(19)6-4-13/h3-6,11,14,17,23H,7-10H2,1-2H3. The van der Waals surface area contributed by atoms with E-state index in [-0.39, 0.29) is 11.8 Å². The number of rotatable bonds is 3. The van der Waals surface area contributed by atoms with E-state index in [4.69, 9.17) is 11.6 Å². The number of carbonyl (C=O) groups excluding carboxylic acids is 1. The first-order valence-corrected chi connectivity index (χ1v) is 8.57. The fraction of sp³-hybridized carbons (Fsp3) is 0.444. The Kier molecular flexibility index (Phi) is 4.92. The Balaban J connectivity index is 1.61. The molecule has 1 fully saturated rings. The summed E-state index contributed by atoms with van der Waals surface area (Å²) in [6, 6.07) is 9.13. The lowest BCUT2D eigenvalue weighted by molar-refractivity contribution is 0.0458.